The van der Waals surface area contributed by atoms with Crippen LogP contribution in [0.15, 0.2) is 4.74 Å². The molecule has 0 rings (SSSR count). The summed E-state index contributed by atoms with van der Waals surface area (Å²) in [4.78, 5) is 0. The summed E-state index contributed by atoms with van der Waals surface area (Å²) in [5.41, 5.74) is 0. The van der Waals surface area contributed by atoms with Crippen LogP contribution >= 0.6 is 7.28 Å². The normalized spacial score (nSPS) is 11.4. The molecule has 0 aromatic rings. The molecule has 44 valence electrons. The van der Waals surface area contributed by atoms with Crippen LogP contribution in [-0.2, 0) is 4.52 Å². The summed E-state index contributed by atoms with van der Waals surface area (Å²) in [7, 11) is 2.20. The Labute approximate surface area is 45.0 Å². The molecule has 7 heavy (non-hydrogen) atoms. The summed E-state index contributed by atoms with van der Waals surface area (Å²) in [5, 5.41) is 0. The van der Waals surface area contributed by atoms with Crippen molar-refractivity contribution in [2.75, 3.05) is 27.5 Å². The minimum absolute atomic E-state index is 1.28. The lowest BCUT2D eigenvalue weighted by Gasteiger charge is -2.07. The Kier molecular flexibility index (Phi) is 2.55. The van der Waals surface area contributed by atoms with Crippen molar-refractivity contribution in [1.82, 2.24) is 0 Å². The monoisotopic (exact) mass is 121 g/mol. The third-order valence-electron chi connectivity index (χ3n) is 0.928. The largest absolute Gasteiger partial charge is 0.348 e. The smallest absolute Gasteiger partial charge is 0.0784 e. The zero-order valence-electron chi connectivity index (χ0n) is 5.30. The molecule has 0 unspecified atom stereocenters. The van der Waals surface area contributed by atoms with E-state index in [0.717, 1.165) is 0 Å². The van der Waals surface area contributed by atoms with E-state index in [-0.39, 0.29) is 0 Å². The highest BCUT2D eigenvalue weighted by Gasteiger charge is 1.96. The van der Waals surface area contributed by atoms with Gasteiger partial charge in [-0.1, -0.05) is 0 Å². The average molecular weight is 121 g/mol. The molecule has 0 fully saturated rings. The van der Waals surface area contributed by atoms with Crippen molar-refractivity contribution in [3.8, 4) is 0 Å². The molecule has 0 aromatic heterocycles. The predicted octanol–water partition coefficient (Wildman–Crippen LogP) is 1.64. The van der Waals surface area contributed by atoms with Gasteiger partial charge in [0.05, 0.1) is 7.28 Å². The first kappa shape index (κ1) is 7.19. The van der Waals surface area contributed by atoms with Gasteiger partial charge in [-0.3, -0.25) is 4.74 Å². The molecule has 0 aromatic carbocycles. The maximum Gasteiger partial charge on any atom is 0.0784 e. The first-order valence-electron chi connectivity index (χ1n) is 2.13. The van der Waals surface area contributed by atoms with E-state index in [4.69, 9.17) is 4.52 Å². The van der Waals surface area contributed by atoms with Gasteiger partial charge in [-0.05, 0) is 13.3 Å². The van der Waals surface area contributed by atoms with Gasteiger partial charge in [-0.25, -0.2) is 0 Å². The van der Waals surface area contributed by atoms with E-state index >= 15 is 0 Å². The Bertz CT molecular complexity index is 93.9. The van der Waals surface area contributed by atoms with Crippen molar-refractivity contribution in [2.45, 2.75) is 0 Å². The Morgan fingerprint density at radius 1 is 1.43 bits per heavy atom. The maximum absolute atomic E-state index is 5.03. The summed E-state index contributed by atoms with van der Waals surface area (Å²) < 4.78 is 9.06. The third kappa shape index (κ3) is 2.84. The molecule has 0 radical (unpaired) electrons. The molecule has 0 aliphatic carbocycles. The number of rotatable bonds is 1. The van der Waals surface area contributed by atoms with Crippen LogP contribution < -0.4 is 0 Å². The van der Waals surface area contributed by atoms with Crippen molar-refractivity contribution in [3.63, 3.8) is 0 Å². The molecule has 0 spiro atoms. The molecule has 0 saturated carbocycles. The molecule has 0 aliphatic heterocycles. The highest BCUT2D eigenvalue weighted by Crippen LogP contribution is 2.39. The molecule has 0 heterocycles. The van der Waals surface area contributed by atoms with E-state index in [1.807, 2.05) is 13.3 Å². The zero-order chi connectivity index (χ0) is 5.91. The lowest BCUT2D eigenvalue weighted by atomic mass is 11.6. The molecular formula is C4H12NOP. The quantitative estimate of drug-likeness (QED) is 0.483. The Balaban J connectivity index is 3.85. The molecule has 2 nitrogen and oxygen atoms in total. The van der Waals surface area contributed by atoms with E-state index in [2.05, 4.69) is 4.74 Å². The summed E-state index contributed by atoms with van der Waals surface area (Å²) in [6.45, 7) is 4.04. The Morgan fingerprint density at radius 3 is 1.86 bits per heavy atom. The van der Waals surface area contributed by atoms with Crippen LogP contribution in [0.2, 0.25) is 0 Å². The highest BCUT2D eigenvalue weighted by molar-refractivity contribution is 7.59. The van der Waals surface area contributed by atoms with E-state index in [1.165, 1.54) is 0 Å². The van der Waals surface area contributed by atoms with Gasteiger partial charge in [0, 0.05) is 14.2 Å². The van der Waals surface area contributed by atoms with E-state index in [0.29, 0.717) is 0 Å². The fraction of sp³-hybridized carbons (Fsp3) is 1.00. The minimum atomic E-state index is -1.28. The Morgan fingerprint density at radius 2 is 1.86 bits per heavy atom. The second kappa shape index (κ2) is 2.49. The number of nitrogens with zero attached hydrogens (tertiary/aromatic N) is 1. The van der Waals surface area contributed by atoms with E-state index in [1.54, 1.807) is 14.2 Å². The SMILES string of the molecule is CN=P(C)(C)OC. The van der Waals surface area contributed by atoms with Crippen molar-refractivity contribution in [1.29, 1.82) is 0 Å². The van der Waals surface area contributed by atoms with Crippen LogP contribution in [0.1, 0.15) is 0 Å². The zero-order valence-corrected chi connectivity index (χ0v) is 6.20. The van der Waals surface area contributed by atoms with Crippen LogP contribution in [0, 0.1) is 0 Å². The lowest BCUT2D eigenvalue weighted by Crippen LogP contribution is -1.76. The van der Waals surface area contributed by atoms with Gasteiger partial charge in [-0.2, -0.15) is 0 Å². The predicted molar refractivity (Wildman–Crippen MR) is 34.1 cm³/mol. The molecule has 0 saturated heterocycles. The molecule has 0 aliphatic rings. The van der Waals surface area contributed by atoms with Gasteiger partial charge in [0.25, 0.3) is 0 Å². The topological polar surface area (TPSA) is 21.6 Å². The summed E-state index contributed by atoms with van der Waals surface area (Å²) >= 11 is 0. The first-order chi connectivity index (χ1) is 3.12. The maximum atomic E-state index is 5.03. The Hall–Kier alpha value is 0.190. The van der Waals surface area contributed by atoms with Gasteiger partial charge < -0.3 is 4.52 Å². The van der Waals surface area contributed by atoms with Gasteiger partial charge in [0.15, 0.2) is 0 Å². The van der Waals surface area contributed by atoms with Crippen molar-refractivity contribution >= 4 is 7.28 Å². The summed E-state index contributed by atoms with van der Waals surface area (Å²) in [5.74, 6) is 0. The molecule has 0 atom stereocenters. The highest BCUT2D eigenvalue weighted by atomic mass is 31.2. The molecule has 0 bridgehead atoms. The van der Waals surface area contributed by atoms with Crippen molar-refractivity contribution < 1.29 is 4.52 Å². The van der Waals surface area contributed by atoms with Crippen LogP contribution in [0.5, 0.6) is 0 Å². The lowest BCUT2D eigenvalue weighted by molar-refractivity contribution is 0.459. The minimum Gasteiger partial charge on any atom is -0.348 e. The van der Waals surface area contributed by atoms with Gasteiger partial charge in [0.2, 0.25) is 0 Å². The number of hydrogen-bond acceptors (Lipinski definition) is 2. The summed E-state index contributed by atoms with van der Waals surface area (Å²) in [6.07, 6.45) is 0. The standard InChI is InChI=1S/C4H12NOP/c1-5-7(3,4)6-2/h1-4H3. The third-order valence-corrected chi connectivity index (χ3v) is 2.79. The van der Waals surface area contributed by atoms with Crippen LogP contribution in [-0.4, -0.2) is 27.5 Å². The van der Waals surface area contributed by atoms with E-state index in [9.17, 15) is 0 Å². The molecule has 0 N–H and O–H groups in total. The van der Waals surface area contributed by atoms with Gasteiger partial charge in [0.1, 0.15) is 0 Å². The number of hydrogen-bond donors (Lipinski definition) is 0. The van der Waals surface area contributed by atoms with E-state index < -0.39 is 7.28 Å². The first-order valence-corrected chi connectivity index (χ1v) is 4.69. The second-order valence-electron chi connectivity index (χ2n) is 1.68. The van der Waals surface area contributed by atoms with Crippen molar-refractivity contribution in [3.05, 3.63) is 0 Å². The second-order valence-corrected chi connectivity index (χ2v) is 5.03. The molecule has 0 amide bonds. The van der Waals surface area contributed by atoms with Crippen LogP contribution in [0.3, 0.4) is 0 Å². The fourth-order valence-corrected chi connectivity index (χ4v) is 0.245. The van der Waals surface area contributed by atoms with Gasteiger partial charge >= 0.3 is 0 Å². The molecular weight excluding hydrogens is 109 g/mol. The average Bonchev–Trinajstić information content (AvgIpc) is 1.68. The van der Waals surface area contributed by atoms with Crippen LogP contribution in [0.4, 0.5) is 0 Å². The fourth-order valence-electron chi connectivity index (χ4n) is 0.0816. The summed E-state index contributed by atoms with van der Waals surface area (Å²) in [6, 6.07) is 0. The van der Waals surface area contributed by atoms with Crippen molar-refractivity contribution in [2.24, 2.45) is 4.74 Å². The van der Waals surface area contributed by atoms with Gasteiger partial charge in [-0.15, -0.1) is 0 Å². The molecule has 3 heteroatoms. The van der Waals surface area contributed by atoms with Crippen LogP contribution in [0.25, 0.3) is 0 Å².